The molecule has 6 heteroatoms. The van der Waals surface area contributed by atoms with E-state index in [-0.39, 0.29) is 0 Å². The van der Waals surface area contributed by atoms with Crippen molar-refractivity contribution < 1.29 is 13.2 Å². The zero-order valence-corrected chi connectivity index (χ0v) is 17.5. The number of carbonyl (C=O) groups is 1. The largest absolute Gasteiger partial charge is 0.324 e. The van der Waals surface area contributed by atoms with Gasteiger partial charge in [-0.2, -0.15) is 0 Å². The van der Waals surface area contributed by atoms with Crippen LogP contribution in [0.4, 0.5) is 11.4 Å². The average Bonchev–Trinajstić information content (AvgIpc) is 2.69. The van der Waals surface area contributed by atoms with Gasteiger partial charge in [0.2, 0.25) is 15.9 Å². The number of amides is 1. The van der Waals surface area contributed by atoms with Gasteiger partial charge in [0.1, 0.15) is 6.04 Å². The molecule has 3 rings (SSSR count). The predicted molar refractivity (Wildman–Crippen MR) is 118 cm³/mol. The van der Waals surface area contributed by atoms with Crippen LogP contribution in [0.15, 0.2) is 78.9 Å². The zero-order chi connectivity index (χ0) is 21.0. The van der Waals surface area contributed by atoms with E-state index in [0.29, 0.717) is 11.4 Å². The summed E-state index contributed by atoms with van der Waals surface area (Å²) >= 11 is 0. The van der Waals surface area contributed by atoms with E-state index >= 15 is 0 Å². The lowest BCUT2D eigenvalue weighted by atomic mass is 10.0. The molecule has 1 N–H and O–H groups in total. The fourth-order valence-electron chi connectivity index (χ4n) is 3.20. The normalized spacial score (nSPS) is 12.2. The summed E-state index contributed by atoms with van der Waals surface area (Å²) in [6.07, 6.45) is 1.11. The molecular formula is C23H24N2O3S. The molecule has 0 bridgehead atoms. The Hall–Kier alpha value is -3.12. The Morgan fingerprint density at radius 1 is 0.897 bits per heavy atom. The zero-order valence-electron chi connectivity index (χ0n) is 16.7. The van der Waals surface area contributed by atoms with Crippen LogP contribution in [-0.2, 0) is 14.8 Å². The number of hydrogen-bond acceptors (Lipinski definition) is 3. The second-order valence-electron chi connectivity index (χ2n) is 6.97. The fourth-order valence-corrected chi connectivity index (χ4v) is 4.37. The maximum absolute atomic E-state index is 13.0. The molecule has 3 aromatic carbocycles. The number of nitrogens with zero attached hydrogens (tertiary/aromatic N) is 1. The first-order valence-corrected chi connectivity index (χ1v) is 11.1. The van der Waals surface area contributed by atoms with Crippen LogP contribution in [0.5, 0.6) is 0 Å². The molecule has 0 radical (unpaired) electrons. The number of hydrogen-bond donors (Lipinski definition) is 1. The van der Waals surface area contributed by atoms with Crippen LogP contribution in [0.2, 0.25) is 0 Å². The van der Waals surface area contributed by atoms with Crippen molar-refractivity contribution in [2.45, 2.75) is 19.9 Å². The third kappa shape index (κ3) is 4.84. The molecule has 5 nitrogen and oxygen atoms in total. The molecule has 0 fully saturated rings. The van der Waals surface area contributed by atoms with Gasteiger partial charge >= 0.3 is 0 Å². The number of para-hydroxylation sites is 1. The van der Waals surface area contributed by atoms with Crippen LogP contribution in [0.3, 0.4) is 0 Å². The number of carbonyl (C=O) groups excluding carboxylic acids is 1. The Morgan fingerprint density at radius 3 is 2.10 bits per heavy atom. The van der Waals surface area contributed by atoms with Gasteiger partial charge in [-0.1, -0.05) is 66.2 Å². The molecule has 1 amide bonds. The highest BCUT2D eigenvalue weighted by Crippen LogP contribution is 2.28. The minimum Gasteiger partial charge on any atom is -0.324 e. The van der Waals surface area contributed by atoms with E-state index in [1.807, 2.05) is 73.7 Å². The molecular weight excluding hydrogens is 384 g/mol. The molecule has 0 unspecified atom stereocenters. The molecule has 0 saturated heterocycles. The average molecular weight is 409 g/mol. The molecule has 3 aromatic rings. The first-order valence-electron chi connectivity index (χ1n) is 9.29. The van der Waals surface area contributed by atoms with E-state index in [2.05, 4.69) is 5.32 Å². The van der Waals surface area contributed by atoms with Gasteiger partial charge in [0.05, 0.1) is 11.9 Å². The van der Waals surface area contributed by atoms with E-state index < -0.39 is 22.0 Å². The first kappa shape index (κ1) is 20.6. The number of nitrogens with one attached hydrogen (secondary N) is 1. The number of benzene rings is 3. The Labute approximate surface area is 172 Å². The van der Waals surface area contributed by atoms with Gasteiger partial charge in [-0.05, 0) is 37.6 Å². The summed E-state index contributed by atoms with van der Waals surface area (Å²) in [6, 6.07) is 23.3. The van der Waals surface area contributed by atoms with Crippen molar-refractivity contribution in [3.05, 3.63) is 84.4 Å². The van der Waals surface area contributed by atoms with Crippen molar-refractivity contribution in [3.63, 3.8) is 0 Å². The van der Waals surface area contributed by atoms with E-state index in [0.717, 1.165) is 27.3 Å². The van der Waals surface area contributed by atoms with Crippen LogP contribution < -0.4 is 9.62 Å². The highest BCUT2D eigenvalue weighted by molar-refractivity contribution is 7.92. The number of anilines is 2. The quantitative estimate of drug-likeness (QED) is 0.655. The molecule has 0 aliphatic heterocycles. The van der Waals surface area contributed by atoms with Crippen molar-refractivity contribution in [2.75, 3.05) is 15.9 Å². The van der Waals surface area contributed by atoms with E-state index in [4.69, 9.17) is 0 Å². The molecule has 0 aromatic heterocycles. The van der Waals surface area contributed by atoms with Crippen LogP contribution >= 0.6 is 0 Å². The second-order valence-corrected chi connectivity index (χ2v) is 8.83. The maximum atomic E-state index is 13.0. The topological polar surface area (TPSA) is 66.5 Å². The Kier molecular flexibility index (Phi) is 6.03. The van der Waals surface area contributed by atoms with Crippen molar-refractivity contribution in [1.29, 1.82) is 0 Å². The highest BCUT2D eigenvalue weighted by atomic mass is 32.2. The molecule has 0 aliphatic carbocycles. The van der Waals surface area contributed by atoms with Crippen molar-refractivity contribution >= 4 is 27.3 Å². The molecule has 0 saturated carbocycles. The standard InChI is InChI=1S/C23H24N2O3S/c1-17-13-15-20(16-14-17)25(29(3,27)28)18(2)23(26)24-22-12-8-7-11-21(22)19-9-5-4-6-10-19/h4-16,18H,1-3H3,(H,24,26)/t18-/m1/s1. The molecule has 150 valence electrons. The smallest absolute Gasteiger partial charge is 0.248 e. The van der Waals surface area contributed by atoms with Crippen LogP contribution in [0.25, 0.3) is 11.1 Å². The Morgan fingerprint density at radius 2 is 1.48 bits per heavy atom. The first-order chi connectivity index (χ1) is 13.8. The van der Waals surface area contributed by atoms with Gasteiger partial charge in [0.15, 0.2) is 0 Å². The summed E-state index contributed by atoms with van der Waals surface area (Å²) in [5, 5.41) is 2.90. The molecule has 0 aliphatic rings. The maximum Gasteiger partial charge on any atom is 0.248 e. The lowest BCUT2D eigenvalue weighted by Crippen LogP contribution is -2.45. The van der Waals surface area contributed by atoms with Gasteiger partial charge in [-0.3, -0.25) is 9.10 Å². The van der Waals surface area contributed by atoms with Crippen molar-refractivity contribution in [1.82, 2.24) is 0 Å². The number of aryl methyl sites for hydroxylation is 1. The summed E-state index contributed by atoms with van der Waals surface area (Å²) in [4.78, 5) is 13.0. The minimum absolute atomic E-state index is 0.403. The summed E-state index contributed by atoms with van der Waals surface area (Å²) in [5.74, 6) is -0.403. The van der Waals surface area contributed by atoms with Gasteiger partial charge in [-0.25, -0.2) is 8.42 Å². The van der Waals surface area contributed by atoms with Gasteiger partial charge in [0.25, 0.3) is 0 Å². The fraction of sp³-hybridized carbons (Fsp3) is 0.174. The van der Waals surface area contributed by atoms with Crippen LogP contribution in [0, 0.1) is 6.92 Å². The Bertz CT molecular complexity index is 1090. The van der Waals surface area contributed by atoms with Gasteiger partial charge < -0.3 is 5.32 Å². The molecule has 1 atom stereocenters. The highest BCUT2D eigenvalue weighted by Gasteiger charge is 2.29. The lowest BCUT2D eigenvalue weighted by Gasteiger charge is -2.28. The number of sulfonamides is 1. The lowest BCUT2D eigenvalue weighted by molar-refractivity contribution is -0.116. The summed E-state index contributed by atoms with van der Waals surface area (Å²) in [6.45, 7) is 3.51. The van der Waals surface area contributed by atoms with E-state index in [1.54, 1.807) is 19.1 Å². The molecule has 29 heavy (non-hydrogen) atoms. The van der Waals surface area contributed by atoms with E-state index in [9.17, 15) is 13.2 Å². The second kappa shape index (κ2) is 8.49. The third-order valence-electron chi connectivity index (χ3n) is 4.65. The van der Waals surface area contributed by atoms with Crippen molar-refractivity contribution in [2.24, 2.45) is 0 Å². The Balaban J connectivity index is 1.91. The van der Waals surface area contributed by atoms with E-state index in [1.165, 1.54) is 0 Å². The van der Waals surface area contributed by atoms with Gasteiger partial charge in [-0.15, -0.1) is 0 Å². The molecule has 0 heterocycles. The number of rotatable bonds is 6. The monoisotopic (exact) mass is 408 g/mol. The van der Waals surface area contributed by atoms with Crippen LogP contribution in [0.1, 0.15) is 12.5 Å². The minimum atomic E-state index is -3.66. The summed E-state index contributed by atoms with van der Waals surface area (Å²) in [7, 11) is -3.66. The molecule has 0 spiro atoms. The van der Waals surface area contributed by atoms with Crippen molar-refractivity contribution in [3.8, 4) is 11.1 Å². The SMILES string of the molecule is Cc1ccc(N([C@H](C)C(=O)Nc2ccccc2-c2ccccc2)S(C)(=O)=O)cc1. The summed E-state index contributed by atoms with van der Waals surface area (Å²) < 4.78 is 26.0. The van der Waals surface area contributed by atoms with Crippen LogP contribution in [-0.4, -0.2) is 26.6 Å². The summed E-state index contributed by atoms with van der Waals surface area (Å²) in [5.41, 5.74) is 3.94. The predicted octanol–water partition coefficient (Wildman–Crippen LogP) is 4.46. The van der Waals surface area contributed by atoms with Gasteiger partial charge in [0, 0.05) is 11.3 Å². The third-order valence-corrected chi connectivity index (χ3v) is 5.89.